The van der Waals surface area contributed by atoms with Crippen molar-refractivity contribution >= 4 is 45.1 Å². The largest absolute Gasteiger partial charge is 0.490 e. The fraction of sp³-hybridized carbons (Fsp3) is 0.120. The lowest BCUT2D eigenvalue weighted by Gasteiger charge is -2.15. The number of carboxylic acid groups (broad SMARTS) is 1. The minimum Gasteiger partial charge on any atom is -0.490 e. The monoisotopic (exact) mass is 511 g/mol. The molecule has 5 nitrogen and oxygen atoms in total. The topological polar surface area (TPSA) is 79.5 Å². The Morgan fingerprint density at radius 3 is 2.50 bits per heavy atom. The molecule has 0 aromatic heterocycles. The van der Waals surface area contributed by atoms with E-state index in [1.54, 1.807) is 36.4 Å². The Morgan fingerprint density at radius 2 is 1.88 bits per heavy atom. The number of halogens is 2. The molecule has 0 fully saturated rings. The lowest BCUT2D eigenvalue weighted by Crippen LogP contribution is -2.02. The number of nitriles is 1. The number of nitrogens with zero attached hydrogens (tertiary/aromatic N) is 1. The third kappa shape index (κ3) is 5.70. The Bertz CT molecular complexity index is 1200. The molecule has 162 valence electrons. The van der Waals surface area contributed by atoms with Crippen molar-refractivity contribution in [2.24, 2.45) is 0 Å². The molecule has 3 aromatic carbocycles. The number of rotatable bonds is 8. The summed E-state index contributed by atoms with van der Waals surface area (Å²) in [5.74, 6) is 0.0605. The molecule has 0 heterocycles. The van der Waals surface area contributed by atoms with Gasteiger partial charge in [0.2, 0.25) is 0 Å². The van der Waals surface area contributed by atoms with Gasteiger partial charge in [-0.25, -0.2) is 4.79 Å². The van der Waals surface area contributed by atoms with Crippen LogP contribution in [-0.4, -0.2) is 17.7 Å². The Labute approximate surface area is 199 Å². The van der Waals surface area contributed by atoms with E-state index in [0.29, 0.717) is 38.7 Å². The van der Waals surface area contributed by atoms with Crippen LogP contribution in [0.3, 0.4) is 0 Å². The first-order valence-corrected chi connectivity index (χ1v) is 10.9. The molecule has 0 saturated carbocycles. The Hall–Kier alpha value is -3.27. The van der Waals surface area contributed by atoms with Crippen LogP contribution in [0.15, 0.2) is 65.1 Å². The maximum absolute atomic E-state index is 11.0. The Balaban J connectivity index is 1.90. The van der Waals surface area contributed by atoms with E-state index >= 15 is 0 Å². The van der Waals surface area contributed by atoms with E-state index in [1.165, 1.54) is 12.1 Å². The zero-order valence-corrected chi connectivity index (χ0v) is 19.5. The summed E-state index contributed by atoms with van der Waals surface area (Å²) in [5, 5.41) is 19.2. The summed E-state index contributed by atoms with van der Waals surface area (Å²) in [4.78, 5) is 11.0. The van der Waals surface area contributed by atoms with Crippen molar-refractivity contribution in [2.45, 2.75) is 13.5 Å². The van der Waals surface area contributed by atoms with Gasteiger partial charge < -0.3 is 14.6 Å². The molecule has 0 atom stereocenters. The van der Waals surface area contributed by atoms with Gasteiger partial charge >= 0.3 is 5.97 Å². The summed E-state index contributed by atoms with van der Waals surface area (Å²) in [5.41, 5.74) is 2.86. The van der Waals surface area contributed by atoms with E-state index in [4.69, 9.17) is 26.2 Å². The summed E-state index contributed by atoms with van der Waals surface area (Å²) in [6, 6.07) is 19.5. The van der Waals surface area contributed by atoms with E-state index in [-0.39, 0.29) is 12.2 Å². The average Bonchev–Trinajstić information content (AvgIpc) is 2.78. The van der Waals surface area contributed by atoms with Crippen LogP contribution in [0.4, 0.5) is 0 Å². The quantitative estimate of drug-likeness (QED) is 0.264. The highest BCUT2D eigenvalue weighted by Gasteiger charge is 2.14. The summed E-state index contributed by atoms with van der Waals surface area (Å²) in [6.45, 7) is 2.53. The normalized spacial score (nSPS) is 11.0. The van der Waals surface area contributed by atoms with Crippen molar-refractivity contribution in [3.05, 3.63) is 92.4 Å². The van der Waals surface area contributed by atoms with Gasteiger partial charge in [-0.1, -0.05) is 41.9 Å². The first-order valence-electron chi connectivity index (χ1n) is 9.71. The van der Waals surface area contributed by atoms with Crippen molar-refractivity contribution in [3.63, 3.8) is 0 Å². The third-order valence-electron chi connectivity index (χ3n) is 4.51. The molecule has 0 aliphatic carbocycles. The van der Waals surface area contributed by atoms with Crippen LogP contribution in [0.5, 0.6) is 11.5 Å². The van der Waals surface area contributed by atoms with Crippen LogP contribution in [-0.2, 0) is 6.61 Å². The highest BCUT2D eigenvalue weighted by Crippen LogP contribution is 2.38. The molecule has 7 heteroatoms. The highest BCUT2D eigenvalue weighted by atomic mass is 79.9. The predicted octanol–water partition coefficient (Wildman–Crippen LogP) is 6.84. The molecular weight excluding hydrogens is 494 g/mol. The van der Waals surface area contributed by atoms with E-state index in [0.717, 1.165) is 11.1 Å². The molecule has 3 aromatic rings. The second kappa shape index (κ2) is 10.9. The molecule has 3 rings (SSSR count). The van der Waals surface area contributed by atoms with Gasteiger partial charge in [-0.15, -0.1) is 0 Å². The summed E-state index contributed by atoms with van der Waals surface area (Å²) in [7, 11) is 0. The molecule has 1 N–H and O–H groups in total. The standard InChI is InChI=1S/C25H19BrClNO4/c1-2-31-23-13-17(11-19(14-28)20-5-3-4-6-22(20)27)12-21(26)24(23)32-15-16-7-9-18(10-8-16)25(29)30/h3-13H,2,15H2,1H3,(H,29,30). The fourth-order valence-corrected chi connectivity index (χ4v) is 3.80. The second-order valence-electron chi connectivity index (χ2n) is 6.70. The highest BCUT2D eigenvalue weighted by molar-refractivity contribution is 9.10. The average molecular weight is 513 g/mol. The Morgan fingerprint density at radius 1 is 1.16 bits per heavy atom. The molecule has 32 heavy (non-hydrogen) atoms. The number of ether oxygens (including phenoxy) is 2. The summed E-state index contributed by atoms with van der Waals surface area (Å²) >= 11 is 9.78. The number of benzene rings is 3. The van der Waals surface area contributed by atoms with Crippen LogP contribution in [0.2, 0.25) is 5.02 Å². The van der Waals surface area contributed by atoms with Gasteiger partial charge in [-0.3, -0.25) is 0 Å². The minimum atomic E-state index is -0.976. The van der Waals surface area contributed by atoms with Crippen molar-refractivity contribution in [2.75, 3.05) is 6.61 Å². The van der Waals surface area contributed by atoms with Crippen LogP contribution < -0.4 is 9.47 Å². The first-order chi connectivity index (χ1) is 15.4. The van der Waals surface area contributed by atoms with Gasteiger partial charge in [0.25, 0.3) is 0 Å². The molecule has 0 unspecified atom stereocenters. The van der Waals surface area contributed by atoms with Crippen molar-refractivity contribution in [1.82, 2.24) is 0 Å². The van der Waals surface area contributed by atoms with E-state index in [9.17, 15) is 10.1 Å². The molecule has 0 bridgehead atoms. The Kier molecular flexibility index (Phi) is 7.93. The smallest absolute Gasteiger partial charge is 0.335 e. The molecule has 0 saturated heterocycles. The van der Waals surface area contributed by atoms with Crippen LogP contribution in [0.25, 0.3) is 11.6 Å². The number of allylic oxidation sites excluding steroid dienone is 1. The van der Waals surface area contributed by atoms with Crippen molar-refractivity contribution in [1.29, 1.82) is 5.26 Å². The molecule has 0 aliphatic heterocycles. The van der Waals surface area contributed by atoms with Crippen molar-refractivity contribution in [3.8, 4) is 17.6 Å². The maximum Gasteiger partial charge on any atom is 0.335 e. The summed E-state index contributed by atoms with van der Waals surface area (Å²) < 4.78 is 12.4. The van der Waals surface area contributed by atoms with Gasteiger partial charge in [0.15, 0.2) is 11.5 Å². The van der Waals surface area contributed by atoms with E-state index in [1.807, 2.05) is 25.1 Å². The van der Waals surface area contributed by atoms with E-state index < -0.39 is 5.97 Å². The van der Waals surface area contributed by atoms with Crippen LogP contribution in [0, 0.1) is 11.3 Å². The van der Waals surface area contributed by atoms with Gasteiger partial charge in [-0.05, 0) is 70.4 Å². The fourth-order valence-electron chi connectivity index (χ4n) is 2.99. The van der Waals surface area contributed by atoms with Gasteiger partial charge in [0.1, 0.15) is 6.61 Å². The van der Waals surface area contributed by atoms with Crippen molar-refractivity contribution < 1.29 is 19.4 Å². The molecule has 0 radical (unpaired) electrons. The number of hydrogen-bond donors (Lipinski definition) is 1. The van der Waals surface area contributed by atoms with Gasteiger partial charge in [0.05, 0.1) is 28.3 Å². The maximum atomic E-state index is 11.0. The predicted molar refractivity (Wildman–Crippen MR) is 128 cm³/mol. The summed E-state index contributed by atoms with van der Waals surface area (Å²) in [6.07, 6.45) is 1.74. The number of aromatic carboxylic acids is 1. The lowest BCUT2D eigenvalue weighted by molar-refractivity contribution is 0.0697. The third-order valence-corrected chi connectivity index (χ3v) is 5.43. The van der Waals surface area contributed by atoms with Gasteiger partial charge in [0, 0.05) is 10.6 Å². The van der Waals surface area contributed by atoms with Crippen LogP contribution in [0.1, 0.15) is 34.0 Å². The van der Waals surface area contributed by atoms with Crippen LogP contribution >= 0.6 is 27.5 Å². The number of carboxylic acids is 1. The molecule has 0 spiro atoms. The van der Waals surface area contributed by atoms with E-state index in [2.05, 4.69) is 22.0 Å². The zero-order valence-electron chi connectivity index (χ0n) is 17.1. The number of carbonyl (C=O) groups is 1. The van der Waals surface area contributed by atoms with Gasteiger partial charge in [-0.2, -0.15) is 5.26 Å². The first kappa shape index (κ1) is 23.4. The molecule has 0 amide bonds. The molecule has 0 aliphatic rings. The molecular formula is C25H19BrClNO4. The SMILES string of the molecule is CCOc1cc(C=C(C#N)c2ccccc2Cl)cc(Br)c1OCc1ccc(C(=O)O)cc1. The lowest BCUT2D eigenvalue weighted by atomic mass is 10.0. The minimum absolute atomic E-state index is 0.216. The second-order valence-corrected chi connectivity index (χ2v) is 7.96. The number of hydrogen-bond acceptors (Lipinski definition) is 4. The zero-order chi connectivity index (χ0) is 23.1.